The van der Waals surface area contributed by atoms with Crippen LogP contribution in [0.3, 0.4) is 0 Å². The molecule has 0 amide bonds. The summed E-state index contributed by atoms with van der Waals surface area (Å²) in [6.07, 6.45) is 10.9. The van der Waals surface area contributed by atoms with E-state index in [1.54, 1.807) is 0 Å². The third-order valence-electron chi connectivity index (χ3n) is 7.72. The summed E-state index contributed by atoms with van der Waals surface area (Å²) in [5.74, 6) is 0.617. The first-order valence-corrected chi connectivity index (χ1v) is 14.4. The van der Waals surface area contributed by atoms with E-state index in [0.29, 0.717) is 5.92 Å². The minimum atomic E-state index is 0.617. The van der Waals surface area contributed by atoms with Crippen LogP contribution in [0.15, 0.2) is 121 Å². The van der Waals surface area contributed by atoms with E-state index < -0.39 is 0 Å². The minimum absolute atomic E-state index is 0.617. The Morgan fingerprint density at radius 2 is 0.825 bits per heavy atom. The van der Waals surface area contributed by atoms with Crippen molar-refractivity contribution in [3.63, 3.8) is 0 Å². The van der Waals surface area contributed by atoms with E-state index in [0.717, 1.165) is 6.42 Å². The predicted octanol–water partition coefficient (Wildman–Crippen LogP) is 11.1. The molecule has 0 spiro atoms. The van der Waals surface area contributed by atoms with Crippen LogP contribution in [-0.4, -0.2) is 0 Å². The maximum atomic E-state index is 2.28. The molecular weight excluding hydrogens is 480 g/mol. The third kappa shape index (κ3) is 7.36. The van der Waals surface area contributed by atoms with E-state index in [1.165, 1.54) is 62.1 Å². The zero-order chi connectivity index (χ0) is 27.7. The fourth-order valence-electron chi connectivity index (χ4n) is 4.82. The van der Waals surface area contributed by atoms with Crippen molar-refractivity contribution in [3.05, 3.63) is 166 Å². The second-order valence-electron chi connectivity index (χ2n) is 10.8. The molecule has 0 aliphatic rings. The van der Waals surface area contributed by atoms with Gasteiger partial charge in [0.2, 0.25) is 0 Å². The molecule has 0 saturated carbocycles. The molecule has 1 unspecified atom stereocenters. The summed E-state index contributed by atoms with van der Waals surface area (Å²) in [6.45, 7) is 6.64. The molecule has 0 saturated heterocycles. The molecule has 0 aliphatic heterocycles. The topological polar surface area (TPSA) is 0 Å². The van der Waals surface area contributed by atoms with Crippen molar-refractivity contribution in [2.45, 2.75) is 39.5 Å². The minimum Gasteiger partial charge on any atom is -0.0648 e. The summed E-state index contributed by atoms with van der Waals surface area (Å²) in [5.41, 5.74) is 12.7. The number of hydrogen-bond acceptors (Lipinski definition) is 0. The van der Waals surface area contributed by atoms with E-state index in [9.17, 15) is 0 Å². The normalized spacial score (nSPS) is 12.3. The first-order valence-electron chi connectivity index (χ1n) is 14.4. The molecule has 5 rings (SSSR count). The van der Waals surface area contributed by atoms with Crippen molar-refractivity contribution in [2.24, 2.45) is 0 Å². The molecule has 1 atom stereocenters. The van der Waals surface area contributed by atoms with Gasteiger partial charge in [0.25, 0.3) is 0 Å². The van der Waals surface area contributed by atoms with Crippen LogP contribution in [0.2, 0.25) is 0 Å². The van der Waals surface area contributed by atoms with Crippen LogP contribution in [0.4, 0.5) is 0 Å². The fraction of sp³-hybridized carbons (Fsp3) is 0.150. The highest BCUT2D eigenvalue weighted by atomic mass is 14.1. The molecular formula is C40H38. The lowest BCUT2D eigenvalue weighted by Crippen LogP contribution is -1.90. The Hall–Kier alpha value is -4.42. The lowest BCUT2D eigenvalue weighted by molar-refractivity contribution is 0.733. The smallest absolute Gasteiger partial charge is 0.00258 e. The highest BCUT2D eigenvalue weighted by molar-refractivity contribution is 5.72. The molecule has 0 nitrogen and oxygen atoms in total. The molecule has 0 bridgehead atoms. The SMILES string of the molecule is CCC(C)c1ccc(C=Cc2ccc(Cc3ccc(C=Cc4ccc(-c5ccc(C)cc5)cc4)cc3)cc2)cc1. The largest absolute Gasteiger partial charge is 0.0648 e. The van der Waals surface area contributed by atoms with E-state index in [1.807, 2.05) is 0 Å². The molecule has 0 N–H and O–H groups in total. The van der Waals surface area contributed by atoms with Gasteiger partial charge in [-0.15, -0.1) is 0 Å². The Kier molecular flexibility index (Phi) is 8.89. The van der Waals surface area contributed by atoms with Crippen molar-refractivity contribution in [1.29, 1.82) is 0 Å². The van der Waals surface area contributed by atoms with Crippen molar-refractivity contribution in [1.82, 2.24) is 0 Å². The van der Waals surface area contributed by atoms with Gasteiger partial charge in [0.05, 0.1) is 0 Å². The second-order valence-corrected chi connectivity index (χ2v) is 10.8. The van der Waals surface area contributed by atoms with Crippen molar-refractivity contribution in [3.8, 4) is 11.1 Å². The van der Waals surface area contributed by atoms with Crippen LogP contribution in [0.25, 0.3) is 35.4 Å². The van der Waals surface area contributed by atoms with Gasteiger partial charge in [0.1, 0.15) is 0 Å². The summed E-state index contributed by atoms with van der Waals surface area (Å²) >= 11 is 0. The molecule has 0 aliphatic carbocycles. The van der Waals surface area contributed by atoms with Crippen LogP contribution in [0, 0.1) is 6.92 Å². The second kappa shape index (κ2) is 13.1. The van der Waals surface area contributed by atoms with Crippen molar-refractivity contribution in [2.75, 3.05) is 0 Å². The van der Waals surface area contributed by atoms with Crippen molar-refractivity contribution >= 4 is 24.3 Å². The van der Waals surface area contributed by atoms with Gasteiger partial charge in [-0.2, -0.15) is 0 Å². The molecule has 198 valence electrons. The predicted molar refractivity (Wildman–Crippen MR) is 175 cm³/mol. The number of benzene rings is 5. The third-order valence-corrected chi connectivity index (χ3v) is 7.72. The average molecular weight is 519 g/mol. The zero-order valence-corrected chi connectivity index (χ0v) is 23.8. The lowest BCUT2D eigenvalue weighted by atomic mass is 9.97. The summed E-state index contributed by atoms with van der Waals surface area (Å²) < 4.78 is 0. The van der Waals surface area contributed by atoms with Gasteiger partial charge in [0.15, 0.2) is 0 Å². The van der Waals surface area contributed by atoms with E-state index >= 15 is 0 Å². The molecule has 0 radical (unpaired) electrons. The number of hydrogen-bond donors (Lipinski definition) is 0. The van der Waals surface area contributed by atoms with Gasteiger partial charge in [0, 0.05) is 0 Å². The molecule has 5 aromatic rings. The average Bonchev–Trinajstić information content (AvgIpc) is 3.01. The van der Waals surface area contributed by atoms with Crippen LogP contribution in [-0.2, 0) is 6.42 Å². The van der Waals surface area contributed by atoms with Gasteiger partial charge >= 0.3 is 0 Å². The number of aryl methyl sites for hydroxylation is 1. The quantitative estimate of drug-likeness (QED) is 0.170. The molecule has 0 fully saturated rings. The first-order chi connectivity index (χ1) is 19.6. The Balaban J connectivity index is 1.15. The van der Waals surface area contributed by atoms with Crippen LogP contribution >= 0.6 is 0 Å². The van der Waals surface area contributed by atoms with E-state index in [2.05, 4.69) is 166 Å². The summed E-state index contributed by atoms with van der Waals surface area (Å²) in [7, 11) is 0. The molecule has 5 aromatic carbocycles. The van der Waals surface area contributed by atoms with E-state index in [-0.39, 0.29) is 0 Å². The number of rotatable bonds is 9. The molecule has 40 heavy (non-hydrogen) atoms. The van der Waals surface area contributed by atoms with Gasteiger partial charge in [-0.25, -0.2) is 0 Å². The van der Waals surface area contributed by atoms with Gasteiger partial charge < -0.3 is 0 Å². The monoisotopic (exact) mass is 518 g/mol. The molecule has 0 heterocycles. The maximum absolute atomic E-state index is 2.28. The van der Waals surface area contributed by atoms with Gasteiger partial charge in [-0.3, -0.25) is 0 Å². The summed E-state index contributed by atoms with van der Waals surface area (Å²) in [5, 5.41) is 0. The van der Waals surface area contributed by atoms with Crippen LogP contribution < -0.4 is 0 Å². The Morgan fingerprint density at radius 1 is 0.475 bits per heavy atom. The highest BCUT2D eigenvalue weighted by Crippen LogP contribution is 2.22. The first kappa shape index (κ1) is 27.2. The highest BCUT2D eigenvalue weighted by Gasteiger charge is 2.02. The maximum Gasteiger partial charge on any atom is -0.00258 e. The Labute approximate surface area is 240 Å². The van der Waals surface area contributed by atoms with Gasteiger partial charge in [-0.1, -0.05) is 165 Å². The van der Waals surface area contributed by atoms with Crippen LogP contribution in [0.1, 0.15) is 70.7 Å². The fourth-order valence-corrected chi connectivity index (χ4v) is 4.82. The zero-order valence-electron chi connectivity index (χ0n) is 23.8. The van der Waals surface area contributed by atoms with Crippen molar-refractivity contribution < 1.29 is 0 Å². The summed E-state index contributed by atoms with van der Waals surface area (Å²) in [4.78, 5) is 0. The van der Waals surface area contributed by atoms with E-state index in [4.69, 9.17) is 0 Å². The van der Waals surface area contributed by atoms with Crippen LogP contribution in [0.5, 0.6) is 0 Å². The standard InChI is InChI=1S/C40H38/c1-4-31(3)38-25-19-34(20-26-38)9-7-32-11-15-36(16-12-32)29-37-17-13-33(14-18-37)8-10-35-21-27-40(28-22-35)39-23-5-30(2)6-24-39/h5-28,31H,4,29H2,1-3H3. The molecule has 0 heteroatoms. The molecule has 0 aromatic heterocycles. The Morgan fingerprint density at radius 3 is 1.23 bits per heavy atom. The van der Waals surface area contributed by atoms with Gasteiger partial charge in [-0.05, 0) is 75.8 Å². The lowest BCUT2D eigenvalue weighted by Gasteiger charge is -2.08. The summed E-state index contributed by atoms with van der Waals surface area (Å²) in [6, 6.07) is 44.1. The Bertz CT molecular complexity index is 1550.